The summed E-state index contributed by atoms with van der Waals surface area (Å²) < 4.78 is 19.1. The molecule has 262 valence electrons. The normalized spacial score (nSPS) is 14.2. The van der Waals surface area contributed by atoms with E-state index in [0.717, 1.165) is 39.1 Å². The van der Waals surface area contributed by atoms with E-state index in [1.807, 2.05) is 91.0 Å². The van der Waals surface area contributed by atoms with Crippen LogP contribution in [0.5, 0.6) is 5.75 Å². The van der Waals surface area contributed by atoms with Crippen molar-refractivity contribution in [1.82, 2.24) is 0 Å². The van der Waals surface area contributed by atoms with Gasteiger partial charge in [-0.15, -0.1) is 0 Å². The number of carbonyl (C=O) groups excluding carboxylic acids is 1. The molecule has 0 unspecified atom stereocenters. The fourth-order valence-corrected chi connectivity index (χ4v) is 6.85. The molecule has 0 radical (unpaired) electrons. The molecule has 0 bridgehead atoms. The minimum absolute atomic E-state index is 0.0856. The minimum atomic E-state index is -0.867. The first kappa shape index (κ1) is 35.2. The van der Waals surface area contributed by atoms with Crippen molar-refractivity contribution in [2.24, 2.45) is 5.92 Å². The lowest BCUT2D eigenvalue weighted by atomic mass is 9.79. The van der Waals surface area contributed by atoms with E-state index in [4.69, 9.17) is 14.2 Å². The molecular formula is C48H41NO4. The van der Waals surface area contributed by atoms with Crippen LogP contribution in [0.25, 0.3) is 5.57 Å². The van der Waals surface area contributed by atoms with Gasteiger partial charge in [-0.2, -0.15) is 0 Å². The molecular weight excluding hydrogens is 655 g/mol. The van der Waals surface area contributed by atoms with Crippen LogP contribution in [0.15, 0.2) is 182 Å². The average Bonchev–Trinajstić information content (AvgIpc) is 3.22. The zero-order chi connectivity index (χ0) is 36.3. The fourth-order valence-electron chi connectivity index (χ4n) is 6.85. The van der Waals surface area contributed by atoms with Gasteiger partial charge in [0, 0.05) is 11.5 Å². The molecule has 0 aliphatic carbocycles. The van der Waals surface area contributed by atoms with Crippen LogP contribution < -0.4 is 9.64 Å². The summed E-state index contributed by atoms with van der Waals surface area (Å²) in [4.78, 5) is 15.6. The number of amides is 1. The minimum Gasteiger partial charge on any atom is -0.410 e. The van der Waals surface area contributed by atoms with Gasteiger partial charge >= 0.3 is 6.09 Å². The van der Waals surface area contributed by atoms with E-state index < -0.39 is 17.7 Å². The molecule has 2 atom stereocenters. The summed E-state index contributed by atoms with van der Waals surface area (Å²) >= 11 is 0. The molecule has 5 nitrogen and oxygen atoms in total. The van der Waals surface area contributed by atoms with E-state index in [2.05, 4.69) is 97.6 Å². The van der Waals surface area contributed by atoms with Crippen LogP contribution in [0.3, 0.4) is 0 Å². The van der Waals surface area contributed by atoms with Crippen molar-refractivity contribution in [1.29, 1.82) is 0 Å². The number of hydrogen-bond donors (Lipinski definition) is 0. The Morgan fingerprint density at radius 3 is 1.77 bits per heavy atom. The molecule has 0 aromatic heterocycles. The monoisotopic (exact) mass is 695 g/mol. The van der Waals surface area contributed by atoms with E-state index in [9.17, 15) is 4.79 Å². The van der Waals surface area contributed by atoms with Gasteiger partial charge in [-0.05, 0) is 52.1 Å². The number of benzene rings is 6. The highest BCUT2D eigenvalue weighted by atomic mass is 16.6. The van der Waals surface area contributed by atoms with E-state index in [-0.39, 0.29) is 12.5 Å². The van der Waals surface area contributed by atoms with Gasteiger partial charge in [-0.25, -0.2) is 4.79 Å². The van der Waals surface area contributed by atoms with Gasteiger partial charge in [0.05, 0.1) is 18.9 Å². The Balaban J connectivity index is 1.23. The van der Waals surface area contributed by atoms with Crippen LogP contribution in [0.1, 0.15) is 34.7 Å². The topological polar surface area (TPSA) is 48.0 Å². The Morgan fingerprint density at radius 1 is 0.679 bits per heavy atom. The third-order valence-corrected chi connectivity index (χ3v) is 9.39. The molecule has 1 amide bonds. The average molecular weight is 696 g/mol. The molecule has 5 heteroatoms. The Kier molecular flexibility index (Phi) is 11.2. The van der Waals surface area contributed by atoms with Gasteiger partial charge in [-0.1, -0.05) is 176 Å². The highest BCUT2D eigenvalue weighted by Crippen LogP contribution is 2.43. The zero-order valence-corrected chi connectivity index (χ0v) is 29.7. The van der Waals surface area contributed by atoms with Crippen LogP contribution in [0.2, 0.25) is 0 Å². The third-order valence-electron chi connectivity index (χ3n) is 9.39. The second-order valence-electron chi connectivity index (χ2n) is 12.9. The van der Waals surface area contributed by atoms with Gasteiger partial charge in [0.1, 0.15) is 24.0 Å². The lowest BCUT2D eigenvalue weighted by molar-refractivity contribution is 0.00318. The largest absolute Gasteiger partial charge is 0.421 e. The van der Waals surface area contributed by atoms with Crippen molar-refractivity contribution < 1.29 is 19.0 Å². The van der Waals surface area contributed by atoms with E-state index >= 15 is 0 Å². The van der Waals surface area contributed by atoms with Crippen LogP contribution >= 0.6 is 0 Å². The predicted octanol–water partition coefficient (Wildman–Crippen LogP) is 10.3. The lowest BCUT2D eigenvalue weighted by Gasteiger charge is -2.38. The Hall–Kier alpha value is -6.19. The highest BCUT2D eigenvalue weighted by molar-refractivity contribution is 5.98. The number of nitrogens with zero attached hydrogens (tertiary/aromatic N) is 1. The van der Waals surface area contributed by atoms with Crippen molar-refractivity contribution in [2.45, 2.75) is 25.2 Å². The molecule has 0 spiro atoms. The number of hydrogen-bond acceptors (Lipinski definition) is 4. The summed E-state index contributed by atoms with van der Waals surface area (Å²) in [7, 11) is 0. The third kappa shape index (κ3) is 8.00. The maximum absolute atomic E-state index is 14.0. The number of fused-ring (bicyclic) bond motifs is 1. The first-order chi connectivity index (χ1) is 26.1. The molecule has 6 aromatic rings. The maximum Gasteiger partial charge on any atom is 0.421 e. The smallest absolute Gasteiger partial charge is 0.410 e. The van der Waals surface area contributed by atoms with E-state index in [1.54, 1.807) is 17.0 Å². The summed E-state index contributed by atoms with van der Waals surface area (Å²) in [6.07, 6.45) is 1.56. The number of ether oxygens (including phenoxy) is 3. The molecule has 0 fully saturated rings. The number of anilines is 1. The molecule has 7 rings (SSSR count). The molecule has 0 N–H and O–H groups in total. The lowest BCUT2D eigenvalue weighted by Crippen LogP contribution is -2.43. The molecule has 1 heterocycles. The van der Waals surface area contributed by atoms with Gasteiger partial charge in [0.2, 0.25) is 0 Å². The Bertz CT molecular complexity index is 2080. The second-order valence-corrected chi connectivity index (χ2v) is 12.9. The van der Waals surface area contributed by atoms with Crippen molar-refractivity contribution in [3.8, 4) is 17.6 Å². The van der Waals surface area contributed by atoms with E-state index in [1.165, 1.54) is 0 Å². The van der Waals surface area contributed by atoms with Crippen molar-refractivity contribution in [2.75, 3.05) is 18.1 Å². The number of carbonyl (C=O) groups is 1. The van der Waals surface area contributed by atoms with Crippen molar-refractivity contribution in [3.05, 3.63) is 210 Å². The van der Waals surface area contributed by atoms with Gasteiger partial charge in [0.15, 0.2) is 0 Å². The van der Waals surface area contributed by atoms with Gasteiger partial charge < -0.3 is 14.2 Å². The van der Waals surface area contributed by atoms with Crippen molar-refractivity contribution in [3.63, 3.8) is 0 Å². The van der Waals surface area contributed by atoms with E-state index in [0.29, 0.717) is 19.0 Å². The summed E-state index contributed by atoms with van der Waals surface area (Å²) in [6.45, 7) is 3.21. The quantitative estimate of drug-likeness (QED) is 0.0769. The number of para-hydroxylation sites is 2. The van der Waals surface area contributed by atoms with Gasteiger partial charge in [-0.3, -0.25) is 4.90 Å². The summed E-state index contributed by atoms with van der Waals surface area (Å²) in [5.74, 6) is 6.90. The number of rotatable bonds is 11. The van der Waals surface area contributed by atoms with Crippen LogP contribution in [0, 0.1) is 17.8 Å². The van der Waals surface area contributed by atoms with Crippen LogP contribution in [0.4, 0.5) is 10.5 Å². The Labute approximate surface area is 312 Å². The second kappa shape index (κ2) is 16.9. The molecule has 53 heavy (non-hydrogen) atoms. The predicted molar refractivity (Wildman–Crippen MR) is 211 cm³/mol. The van der Waals surface area contributed by atoms with Gasteiger partial charge in [0.25, 0.3) is 0 Å². The highest BCUT2D eigenvalue weighted by Gasteiger charge is 2.39. The summed E-state index contributed by atoms with van der Waals surface area (Å²) in [5, 5.41) is 0. The first-order valence-electron chi connectivity index (χ1n) is 17.9. The van der Waals surface area contributed by atoms with Crippen LogP contribution in [-0.4, -0.2) is 25.3 Å². The Morgan fingerprint density at radius 2 is 1.19 bits per heavy atom. The molecule has 1 aliphatic rings. The first-order valence-corrected chi connectivity index (χ1v) is 17.9. The molecule has 0 saturated heterocycles. The van der Waals surface area contributed by atoms with Crippen LogP contribution in [-0.2, 0) is 21.7 Å². The summed E-state index contributed by atoms with van der Waals surface area (Å²) in [6, 6.07) is 57.6. The maximum atomic E-state index is 14.0. The molecule has 6 aromatic carbocycles. The standard InChI is InChI=1S/C48H41NO4/c1-37(35-52-48(39-22-9-3-10-23-39,40-24-11-4-12-25-40)41-26-13-5-14-27-41)45-34-42(28-19-33-51-36-38-20-7-2-8-21-38)49(46-32-18-17-31-44(45)46)47(50)53-43-29-15-6-16-30-43/h2-18,20-27,29-32,34,37,42H,33,35-36H2,1H3/t37-,42-/m1/s1. The fraction of sp³-hybridized carbons (Fsp3) is 0.146. The zero-order valence-electron chi connectivity index (χ0n) is 29.7. The SMILES string of the molecule is C[C@H](COC(c1ccccc1)(c1ccccc1)c1ccccc1)C1=C[C@@H](C#CCOCc2ccccc2)N(C(=O)Oc2ccccc2)c2ccccc21. The van der Waals surface area contributed by atoms with Crippen molar-refractivity contribution >= 4 is 17.4 Å². The molecule has 0 saturated carbocycles. The molecule has 1 aliphatic heterocycles. The summed E-state index contributed by atoms with van der Waals surface area (Å²) in [5.41, 5.74) is 6.01.